The van der Waals surface area contributed by atoms with Gasteiger partial charge in [-0.05, 0) is 38.5 Å². The summed E-state index contributed by atoms with van der Waals surface area (Å²) in [6.45, 7) is 7.25. The van der Waals surface area contributed by atoms with Gasteiger partial charge in [-0.25, -0.2) is 0 Å². The Hall–Kier alpha value is -0.480. The molecule has 0 amide bonds. The molecule has 90 valence electrons. The number of hydrogen-bond donors (Lipinski definition) is 1. The molecule has 0 bridgehead atoms. The van der Waals surface area contributed by atoms with Gasteiger partial charge in [0.15, 0.2) is 0 Å². The zero-order valence-corrected chi connectivity index (χ0v) is 11.0. The maximum absolute atomic E-state index is 4.45. The Kier molecular flexibility index (Phi) is 4.29. The van der Waals surface area contributed by atoms with Crippen molar-refractivity contribution in [1.29, 1.82) is 0 Å². The summed E-state index contributed by atoms with van der Waals surface area (Å²) in [7, 11) is 0. The van der Waals surface area contributed by atoms with E-state index >= 15 is 0 Å². The van der Waals surface area contributed by atoms with Gasteiger partial charge in [-0.2, -0.15) is 16.9 Å². The van der Waals surface area contributed by atoms with Crippen LogP contribution in [0.1, 0.15) is 31.2 Å². The summed E-state index contributed by atoms with van der Waals surface area (Å²) < 4.78 is 2.09. The van der Waals surface area contributed by atoms with E-state index in [2.05, 4.69) is 46.8 Å². The van der Waals surface area contributed by atoms with E-state index in [1.807, 2.05) is 0 Å². The summed E-state index contributed by atoms with van der Waals surface area (Å²) >= 11 is 2.11. The Morgan fingerprint density at radius 2 is 2.50 bits per heavy atom. The van der Waals surface area contributed by atoms with Crippen molar-refractivity contribution in [2.75, 3.05) is 12.3 Å². The molecular weight excluding hydrogens is 218 g/mol. The molecule has 1 unspecified atom stereocenters. The van der Waals surface area contributed by atoms with E-state index in [1.165, 1.54) is 24.3 Å². The maximum atomic E-state index is 4.45. The third kappa shape index (κ3) is 3.01. The topological polar surface area (TPSA) is 29.9 Å². The maximum Gasteiger partial charge on any atom is 0.0597 e. The van der Waals surface area contributed by atoms with Crippen molar-refractivity contribution in [3.63, 3.8) is 0 Å². The third-order valence-corrected chi connectivity index (χ3v) is 4.39. The Bertz CT molecular complexity index is 329. The minimum atomic E-state index is 0.832. The summed E-state index contributed by atoms with van der Waals surface area (Å²) in [5.74, 6) is 1.35. The highest BCUT2D eigenvalue weighted by molar-refractivity contribution is 8.00. The molecule has 0 radical (unpaired) electrons. The first-order valence-corrected chi connectivity index (χ1v) is 7.20. The van der Waals surface area contributed by atoms with E-state index in [1.54, 1.807) is 0 Å². The van der Waals surface area contributed by atoms with Crippen molar-refractivity contribution in [3.05, 3.63) is 17.5 Å². The highest BCUT2D eigenvalue weighted by Crippen LogP contribution is 2.25. The quantitative estimate of drug-likeness (QED) is 0.854. The minimum Gasteiger partial charge on any atom is -0.310 e. The van der Waals surface area contributed by atoms with Gasteiger partial charge in [0, 0.05) is 24.9 Å². The standard InChI is InChI=1S/C12H21N3S/c1-3-15-11(7-10(2)14-15)8-13-9-12-5-4-6-16-12/h7,12-13H,3-6,8-9H2,1-2H3. The van der Waals surface area contributed by atoms with Crippen LogP contribution >= 0.6 is 11.8 Å². The van der Waals surface area contributed by atoms with E-state index in [9.17, 15) is 0 Å². The largest absolute Gasteiger partial charge is 0.310 e. The van der Waals surface area contributed by atoms with Gasteiger partial charge in [-0.3, -0.25) is 4.68 Å². The van der Waals surface area contributed by atoms with Crippen LogP contribution in [0.2, 0.25) is 0 Å². The van der Waals surface area contributed by atoms with E-state index in [4.69, 9.17) is 0 Å². The van der Waals surface area contributed by atoms with E-state index in [-0.39, 0.29) is 0 Å². The van der Waals surface area contributed by atoms with Crippen molar-refractivity contribution >= 4 is 11.8 Å². The molecule has 1 aromatic rings. The summed E-state index contributed by atoms with van der Waals surface area (Å²) in [6.07, 6.45) is 2.77. The second-order valence-corrected chi connectivity index (χ2v) is 5.77. The predicted octanol–water partition coefficient (Wildman–Crippen LogP) is 2.20. The zero-order chi connectivity index (χ0) is 11.4. The summed E-state index contributed by atoms with van der Waals surface area (Å²) in [5, 5.41) is 8.83. The molecule has 2 rings (SSSR count). The van der Waals surface area contributed by atoms with E-state index in [0.717, 1.165) is 30.6 Å². The van der Waals surface area contributed by atoms with Crippen LogP contribution in [0.3, 0.4) is 0 Å². The number of nitrogens with zero attached hydrogens (tertiary/aromatic N) is 2. The van der Waals surface area contributed by atoms with Gasteiger partial charge in [0.1, 0.15) is 0 Å². The van der Waals surface area contributed by atoms with Gasteiger partial charge in [0.2, 0.25) is 0 Å². The molecule has 0 aromatic carbocycles. The fourth-order valence-electron chi connectivity index (χ4n) is 2.18. The normalized spacial score (nSPS) is 20.5. The zero-order valence-electron chi connectivity index (χ0n) is 10.2. The second kappa shape index (κ2) is 5.73. The van der Waals surface area contributed by atoms with Crippen molar-refractivity contribution in [2.24, 2.45) is 0 Å². The monoisotopic (exact) mass is 239 g/mol. The van der Waals surface area contributed by atoms with Crippen LogP contribution in [-0.4, -0.2) is 27.3 Å². The smallest absolute Gasteiger partial charge is 0.0597 e. The molecule has 3 nitrogen and oxygen atoms in total. The Balaban J connectivity index is 1.79. The summed E-state index contributed by atoms with van der Waals surface area (Å²) in [6, 6.07) is 2.18. The Morgan fingerprint density at radius 3 is 3.19 bits per heavy atom. The summed E-state index contributed by atoms with van der Waals surface area (Å²) in [5.41, 5.74) is 2.43. The predicted molar refractivity (Wildman–Crippen MR) is 69.8 cm³/mol. The van der Waals surface area contributed by atoms with Crippen molar-refractivity contribution < 1.29 is 0 Å². The average Bonchev–Trinajstić information content (AvgIpc) is 2.88. The fourth-order valence-corrected chi connectivity index (χ4v) is 3.42. The molecule has 1 aromatic heterocycles. The molecule has 16 heavy (non-hydrogen) atoms. The summed E-state index contributed by atoms with van der Waals surface area (Å²) in [4.78, 5) is 0. The molecule has 2 heterocycles. The molecule has 0 saturated carbocycles. The van der Waals surface area contributed by atoms with Crippen LogP contribution in [0.5, 0.6) is 0 Å². The Labute approximate surface area is 102 Å². The molecule has 1 fully saturated rings. The van der Waals surface area contributed by atoms with Gasteiger partial charge in [-0.15, -0.1) is 0 Å². The molecule has 1 aliphatic heterocycles. The lowest BCUT2D eigenvalue weighted by Gasteiger charge is -2.10. The Morgan fingerprint density at radius 1 is 1.62 bits per heavy atom. The number of thioether (sulfide) groups is 1. The van der Waals surface area contributed by atoms with E-state index < -0.39 is 0 Å². The highest BCUT2D eigenvalue weighted by Gasteiger charge is 2.14. The van der Waals surface area contributed by atoms with E-state index in [0.29, 0.717) is 0 Å². The molecule has 0 spiro atoms. The fraction of sp³-hybridized carbons (Fsp3) is 0.750. The van der Waals surface area contributed by atoms with Gasteiger partial charge in [0.25, 0.3) is 0 Å². The van der Waals surface area contributed by atoms with Crippen molar-refractivity contribution in [2.45, 2.75) is 45.0 Å². The lowest BCUT2D eigenvalue weighted by atomic mass is 10.2. The molecule has 1 atom stereocenters. The van der Waals surface area contributed by atoms with Crippen LogP contribution < -0.4 is 5.32 Å². The van der Waals surface area contributed by atoms with Crippen LogP contribution in [0.15, 0.2) is 6.07 Å². The first kappa shape index (κ1) is 12.0. The number of hydrogen-bond acceptors (Lipinski definition) is 3. The molecule has 1 N–H and O–H groups in total. The van der Waals surface area contributed by atoms with Gasteiger partial charge in [-0.1, -0.05) is 0 Å². The lowest BCUT2D eigenvalue weighted by Crippen LogP contribution is -2.24. The number of aryl methyl sites for hydroxylation is 2. The first-order chi connectivity index (χ1) is 7.79. The van der Waals surface area contributed by atoms with Crippen LogP contribution in [0.4, 0.5) is 0 Å². The number of aromatic nitrogens is 2. The van der Waals surface area contributed by atoms with Crippen molar-refractivity contribution in [1.82, 2.24) is 15.1 Å². The van der Waals surface area contributed by atoms with Crippen LogP contribution in [-0.2, 0) is 13.1 Å². The highest BCUT2D eigenvalue weighted by atomic mass is 32.2. The second-order valence-electron chi connectivity index (χ2n) is 4.36. The van der Waals surface area contributed by atoms with Gasteiger partial charge in [0.05, 0.1) is 11.4 Å². The molecule has 4 heteroatoms. The minimum absolute atomic E-state index is 0.832. The number of nitrogens with one attached hydrogen (secondary N) is 1. The molecule has 1 aliphatic rings. The van der Waals surface area contributed by atoms with Crippen molar-refractivity contribution in [3.8, 4) is 0 Å². The van der Waals surface area contributed by atoms with Crippen LogP contribution in [0, 0.1) is 6.92 Å². The SMILES string of the molecule is CCn1nc(C)cc1CNCC1CCCS1. The average molecular weight is 239 g/mol. The molecule has 0 aliphatic carbocycles. The number of rotatable bonds is 5. The first-order valence-electron chi connectivity index (χ1n) is 6.15. The third-order valence-electron chi connectivity index (χ3n) is 2.99. The van der Waals surface area contributed by atoms with Crippen LogP contribution in [0.25, 0.3) is 0 Å². The molecular formula is C12H21N3S. The van der Waals surface area contributed by atoms with Gasteiger partial charge < -0.3 is 5.32 Å². The molecule has 1 saturated heterocycles. The lowest BCUT2D eigenvalue weighted by molar-refractivity contribution is 0.572. The van der Waals surface area contributed by atoms with Gasteiger partial charge >= 0.3 is 0 Å².